The molecule has 7 nitrogen and oxygen atoms in total. The van der Waals surface area contributed by atoms with Gasteiger partial charge < -0.3 is 15.3 Å². The van der Waals surface area contributed by atoms with Crippen LogP contribution >= 0.6 is 0 Å². The van der Waals surface area contributed by atoms with Crippen molar-refractivity contribution >= 4 is 12.0 Å². The van der Waals surface area contributed by atoms with Crippen LogP contribution in [0.2, 0.25) is 0 Å². The Balaban J connectivity index is 1.53. The molecule has 0 saturated carbocycles. The lowest BCUT2D eigenvalue weighted by molar-refractivity contribution is 0.0687. The maximum atomic E-state index is 13.0. The Labute approximate surface area is 166 Å². The van der Waals surface area contributed by atoms with Crippen molar-refractivity contribution in [2.24, 2.45) is 0 Å². The highest BCUT2D eigenvalue weighted by molar-refractivity contribution is 5.88. The standard InChI is InChI=1S/C21H19FN4O3/c22-15-8-6-14(7-9-15)12-23-21(29)25-11-10-18-17(13-25)19(20(27)28)24-26(18)16-4-2-1-3-5-16/h1-9H,10-13H2,(H,23,29)(H,27,28). The minimum absolute atomic E-state index is 0.0418. The Morgan fingerprint density at radius 1 is 1.10 bits per heavy atom. The molecule has 2 heterocycles. The van der Waals surface area contributed by atoms with Crippen LogP contribution in [0.3, 0.4) is 0 Å². The molecule has 0 bridgehead atoms. The number of rotatable bonds is 4. The van der Waals surface area contributed by atoms with Crippen LogP contribution in [0.5, 0.6) is 0 Å². The zero-order valence-corrected chi connectivity index (χ0v) is 15.5. The van der Waals surface area contributed by atoms with Crippen molar-refractivity contribution in [3.05, 3.63) is 82.9 Å². The van der Waals surface area contributed by atoms with Crippen LogP contribution in [0.1, 0.15) is 27.3 Å². The number of fused-ring (bicyclic) bond motifs is 1. The van der Waals surface area contributed by atoms with Gasteiger partial charge in [0.1, 0.15) is 5.82 Å². The number of para-hydroxylation sites is 1. The molecule has 1 aromatic heterocycles. The molecule has 1 aliphatic heterocycles. The van der Waals surface area contributed by atoms with Gasteiger partial charge in [0, 0.05) is 25.1 Å². The number of halogens is 1. The molecular formula is C21H19FN4O3. The summed E-state index contributed by atoms with van der Waals surface area (Å²) in [6.45, 7) is 0.871. The number of nitrogens with zero attached hydrogens (tertiary/aromatic N) is 3. The number of amides is 2. The summed E-state index contributed by atoms with van der Waals surface area (Å²) in [5, 5.41) is 16.7. The van der Waals surface area contributed by atoms with Gasteiger partial charge in [0.15, 0.2) is 5.69 Å². The number of hydrogen-bond acceptors (Lipinski definition) is 3. The van der Waals surface area contributed by atoms with Crippen LogP contribution < -0.4 is 5.32 Å². The summed E-state index contributed by atoms with van der Waals surface area (Å²) in [7, 11) is 0. The molecule has 4 rings (SSSR count). The minimum atomic E-state index is -1.12. The molecule has 29 heavy (non-hydrogen) atoms. The van der Waals surface area contributed by atoms with Crippen molar-refractivity contribution in [2.75, 3.05) is 6.54 Å². The zero-order valence-electron chi connectivity index (χ0n) is 15.5. The predicted molar refractivity (Wildman–Crippen MR) is 103 cm³/mol. The van der Waals surface area contributed by atoms with E-state index in [-0.39, 0.29) is 30.6 Å². The fourth-order valence-corrected chi connectivity index (χ4v) is 3.44. The SMILES string of the molecule is O=C(O)c1nn(-c2ccccc2)c2c1CN(C(=O)NCc1ccc(F)cc1)CC2. The molecule has 3 aromatic rings. The van der Waals surface area contributed by atoms with E-state index in [2.05, 4.69) is 10.4 Å². The van der Waals surface area contributed by atoms with E-state index in [0.29, 0.717) is 18.5 Å². The van der Waals surface area contributed by atoms with E-state index in [9.17, 15) is 19.1 Å². The number of carbonyl (C=O) groups is 2. The maximum absolute atomic E-state index is 13.0. The molecule has 2 N–H and O–H groups in total. The van der Waals surface area contributed by atoms with Crippen molar-refractivity contribution in [3.63, 3.8) is 0 Å². The number of urea groups is 1. The third kappa shape index (κ3) is 3.82. The molecule has 0 radical (unpaired) electrons. The van der Waals surface area contributed by atoms with Crippen LogP contribution in [0, 0.1) is 5.82 Å². The summed E-state index contributed by atoms with van der Waals surface area (Å²) in [5.41, 5.74) is 2.87. The minimum Gasteiger partial charge on any atom is -0.476 e. The number of carboxylic acid groups (broad SMARTS) is 1. The second-order valence-corrected chi connectivity index (χ2v) is 6.78. The number of carboxylic acids is 1. The number of aromatic nitrogens is 2. The molecule has 8 heteroatoms. The summed E-state index contributed by atoms with van der Waals surface area (Å²) in [5.74, 6) is -1.45. The molecule has 0 spiro atoms. The smallest absolute Gasteiger partial charge is 0.356 e. The summed E-state index contributed by atoms with van der Waals surface area (Å²) < 4.78 is 14.6. The summed E-state index contributed by atoms with van der Waals surface area (Å²) in [4.78, 5) is 25.8. The molecule has 1 aliphatic rings. The Morgan fingerprint density at radius 3 is 2.52 bits per heavy atom. The molecular weight excluding hydrogens is 375 g/mol. The third-order valence-electron chi connectivity index (χ3n) is 4.90. The molecule has 0 fully saturated rings. The topological polar surface area (TPSA) is 87.5 Å². The fourth-order valence-electron chi connectivity index (χ4n) is 3.44. The van der Waals surface area contributed by atoms with Crippen molar-refractivity contribution < 1.29 is 19.1 Å². The molecule has 2 aromatic carbocycles. The Bertz CT molecular complexity index is 1050. The second kappa shape index (κ2) is 7.75. The van der Waals surface area contributed by atoms with Gasteiger partial charge in [-0.3, -0.25) is 0 Å². The zero-order chi connectivity index (χ0) is 20.4. The van der Waals surface area contributed by atoms with E-state index in [1.54, 1.807) is 21.7 Å². The van der Waals surface area contributed by atoms with Gasteiger partial charge in [-0.25, -0.2) is 18.7 Å². The van der Waals surface area contributed by atoms with Gasteiger partial charge in [-0.2, -0.15) is 5.10 Å². The normalized spacial score (nSPS) is 13.1. The van der Waals surface area contributed by atoms with Crippen LogP contribution in [0.4, 0.5) is 9.18 Å². The van der Waals surface area contributed by atoms with Gasteiger partial charge in [-0.1, -0.05) is 30.3 Å². The van der Waals surface area contributed by atoms with Gasteiger partial charge in [-0.05, 0) is 29.8 Å². The van der Waals surface area contributed by atoms with Crippen molar-refractivity contribution in [1.82, 2.24) is 20.0 Å². The molecule has 148 valence electrons. The molecule has 0 atom stereocenters. The highest BCUT2D eigenvalue weighted by Crippen LogP contribution is 2.25. The first-order valence-corrected chi connectivity index (χ1v) is 9.19. The Kier molecular flexibility index (Phi) is 4.99. The Morgan fingerprint density at radius 2 is 1.83 bits per heavy atom. The first-order chi connectivity index (χ1) is 14.0. The van der Waals surface area contributed by atoms with Crippen LogP contribution in [-0.2, 0) is 19.5 Å². The number of aromatic carboxylic acids is 1. The molecule has 2 amide bonds. The van der Waals surface area contributed by atoms with Crippen LogP contribution in [0.25, 0.3) is 5.69 Å². The van der Waals surface area contributed by atoms with Gasteiger partial charge in [0.2, 0.25) is 0 Å². The van der Waals surface area contributed by atoms with E-state index in [1.807, 2.05) is 30.3 Å². The summed E-state index contributed by atoms with van der Waals surface area (Å²) >= 11 is 0. The van der Waals surface area contributed by atoms with E-state index in [1.165, 1.54) is 12.1 Å². The molecule has 0 unspecified atom stereocenters. The monoisotopic (exact) mass is 394 g/mol. The number of benzene rings is 2. The lowest BCUT2D eigenvalue weighted by Crippen LogP contribution is -2.42. The maximum Gasteiger partial charge on any atom is 0.356 e. The highest BCUT2D eigenvalue weighted by atomic mass is 19.1. The van der Waals surface area contributed by atoms with Crippen molar-refractivity contribution in [2.45, 2.75) is 19.5 Å². The average Bonchev–Trinajstić information content (AvgIpc) is 3.13. The predicted octanol–water partition coefficient (Wildman–Crippen LogP) is 2.98. The van der Waals surface area contributed by atoms with Crippen LogP contribution in [-0.4, -0.2) is 38.3 Å². The van der Waals surface area contributed by atoms with Crippen molar-refractivity contribution in [3.8, 4) is 5.69 Å². The third-order valence-corrected chi connectivity index (χ3v) is 4.90. The van der Waals surface area contributed by atoms with Crippen molar-refractivity contribution in [1.29, 1.82) is 0 Å². The summed E-state index contributed by atoms with van der Waals surface area (Å²) in [6.07, 6.45) is 0.495. The van der Waals surface area contributed by atoms with Gasteiger partial charge in [0.05, 0.1) is 17.9 Å². The Hall–Kier alpha value is -3.68. The van der Waals surface area contributed by atoms with Gasteiger partial charge in [-0.15, -0.1) is 0 Å². The first kappa shape index (κ1) is 18.7. The van der Waals surface area contributed by atoms with E-state index < -0.39 is 5.97 Å². The van der Waals surface area contributed by atoms with E-state index >= 15 is 0 Å². The largest absolute Gasteiger partial charge is 0.476 e. The first-order valence-electron chi connectivity index (χ1n) is 9.19. The molecule has 0 saturated heterocycles. The number of hydrogen-bond donors (Lipinski definition) is 2. The molecule has 0 aliphatic carbocycles. The van der Waals surface area contributed by atoms with Gasteiger partial charge >= 0.3 is 12.0 Å². The lowest BCUT2D eigenvalue weighted by atomic mass is 10.1. The highest BCUT2D eigenvalue weighted by Gasteiger charge is 2.30. The fraction of sp³-hybridized carbons (Fsp3) is 0.190. The summed E-state index contributed by atoms with van der Waals surface area (Å²) in [6, 6.07) is 14.9. The lowest BCUT2D eigenvalue weighted by Gasteiger charge is -2.28. The quantitative estimate of drug-likeness (QED) is 0.712. The van der Waals surface area contributed by atoms with Gasteiger partial charge in [0.25, 0.3) is 0 Å². The number of carbonyl (C=O) groups excluding carboxylic acids is 1. The number of nitrogens with one attached hydrogen (secondary N) is 1. The van der Waals surface area contributed by atoms with Crippen LogP contribution in [0.15, 0.2) is 54.6 Å². The van der Waals surface area contributed by atoms with E-state index in [0.717, 1.165) is 16.9 Å². The second-order valence-electron chi connectivity index (χ2n) is 6.78. The average molecular weight is 394 g/mol. The van der Waals surface area contributed by atoms with E-state index in [4.69, 9.17) is 0 Å².